The van der Waals surface area contributed by atoms with E-state index in [1.165, 1.54) is 22.2 Å². The van der Waals surface area contributed by atoms with Crippen LogP contribution in [0, 0.1) is 0 Å². The topological polar surface area (TPSA) is 40.6 Å². The smallest absolute Gasteiger partial charge is 0.266 e. The van der Waals surface area contributed by atoms with Gasteiger partial charge in [0.2, 0.25) is 5.91 Å². The minimum absolute atomic E-state index is 0.0298. The molecule has 0 aliphatic carbocycles. The van der Waals surface area contributed by atoms with Gasteiger partial charge < -0.3 is 4.90 Å². The van der Waals surface area contributed by atoms with Gasteiger partial charge in [-0.15, -0.1) is 0 Å². The summed E-state index contributed by atoms with van der Waals surface area (Å²) in [5.74, 6) is -0.103. The SMILES string of the molecule is O=C1/C(=C/c2cccc(Br)c2)SC(=S)N1CCC(=O)N1CCCc2ccccc21. The van der Waals surface area contributed by atoms with E-state index in [4.69, 9.17) is 12.2 Å². The number of rotatable bonds is 4. The zero-order chi connectivity index (χ0) is 20.4. The molecule has 2 amide bonds. The van der Waals surface area contributed by atoms with Crippen LogP contribution >= 0.6 is 39.9 Å². The van der Waals surface area contributed by atoms with Crippen LogP contribution in [0.15, 0.2) is 57.9 Å². The maximum atomic E-state index is 12.9. The van der Waals surface area contributed by atoms with E-state index in [9.17, 15) is 9.59 Å². The van der Waals surface area contributed by atoms with E-state index in [0.29, 0.717) is 15.8 Å². The molecule has 2 heterocycles. The summed E-state index contributed by atoms with van der Waals surface area (Å²) in [5, 5.41) is 0. The quantitative estimate of drug-likeness (QED) is 0.449. The van der Waals surface area contributed by atoms with Crippen molar-refractivity contribution in [2.75, 3.05) is 18.0 Å². The molecule has 4 nitrogen and oxygen atoms in total. The predicted octanol–water partition coefficient (Wildman–Crippen LogP) is 5.02. The third-order valence-electron chi connectivity index (χ3n) is 4.98. The third-order valence-corrected chi connectivity index (χ3v) is 6.85. The van der Waals surface area contributed by atoms with Crippen LogP contribution in [0.2, 0.25) is 0 Å². The number of thioether (sulfide) groups is 1. The van der Waals surface area contributed by atoms with Crippen LogP contribution < -0.4 is 4.90 Å². The van der Waals surface area contributed by atoms with E-state index in [1.54, 1.807) is 0 Å². The normalized spacial score (nSPS) is 17.8. The van der Waals surface area contributed by atoms with Gasteiger partial charge in [0, 0.05) is 29.7 Å². The van der Waals surface area contributed by atoms with Crippen molar-refractivity contribution in [2.24, 2.45) is 0 Å². The Bertz CT molecular complexity index is 1020. The van der Waals surface area contributed by atoms with Crippen LogP contribution in [0.3, 0.4) is 0 Å². The fraction of sp³-hybridized carbons (Fsp3) is 0.227. The Balaban J connectivity index is 1.43. The van der Waals surface area contributed by atoms with Gasteiger partial charge in [-0.05, 0) is 48.2 Å². The van der Waals surface area contributed by atoms with Gasteiger partial charge in [0.05, 0.1) is 4.91 Å². The molecule has 0 aromatic heterocycles. The molecule has 1 fully saturated rings. The van der Waals surface area contributed by atoms with Crippen LogP contribution in [0.25, 0.3) is 6.08 Å². The van der Waals surface area contributed by atoms with Crippen molar-refractivity contribution >= 4 is 67.8 Å². The highest BCUT2D eigenvalue weighted by molar-refractivity contribution is 9.10. The number of amides is 2. The standard InChI is InChI=1S/C22H19BrN2O2S2/c23-17-8-3-5-15(13-17)14-19-21(27)25(22(28)29-19)12-10-20(26)24-11-4-7-16-6-1-2-9-18(16)24/h1-3,5-6,8-9,13-14H,4,7,10-12H2/b19-14-. The van der Waals surface area contributed by atoms with Crippen molar-refractivity contribution in [3.63, 3.8) is 0 Å². The molecule has 29 heavy (non-hydrogen) atoms. The Morgan fingerprint density at radius 1 is 1.21 bits per heavy atom. The lowest BCUT2D eigenvalue weighted by Gasteiger charge is -2.30. The third kappa shape index (κ3) is 4.47. The fourth-order valence-corrected chi connectivity index (χ4v) is 5.30. The first-order valence-electron chi connectivity index (χ1n) is 9.42. The van der Waals surface area contributed by atoms with Gasteiger partial charge in [0.1, 0.15) is 4.32 Å². The number of para-hydroxylation sites is 1. The average molecular weight is 487 g/mol. The van der Waals surface area contributed by atoms with Gasteiger partial charge in [-0.1, -0.05) is 70.2 Å². The summed E-state index contributed by atoms with van der Waals surface area (Å²) in [6, 6.07) is 15.8. The van der Waals surface area contributed by atoms with Gasteiger partial charge in [-0.25, -0.2) is 0 Å². The van der Waals surface area contributed by atoms with Gasteiger partial charge >= 0.3 is 0 Å². The lowest BCUT2D eigenvalue weighted by molar-refractivity contribution is -0.123. The highest BCUT2D eigenvalue weighted by Gasteiger charge is 2.33. The summed E-state index contributed by atoms with van der Waals surface area (Å²) in [6.45, 7) is 1.02. The van der Waals surface area contributed by atoms with Gasteiger partial charge in [0.25, 0.3) is 5.91 Å². The van der Waals surface area contributed by atoms with Crippen LogP contribution in [-0.2, 0) is 16.0 Å². The average Bonchev–Trinajstić information content (AvgIpc) is 2.98. The molecular weight excluding hydrogens is 468 g/mol. The number of benzene rings is 2. The molecule has 0 bridgehead atoms. The van der Waals surface area contributed by atoms with Crippen molar-refractivity contribution in [3.05, 3.63) is 69.0 Å². The first kappa shape index (κ1) is 20.3. The molecule has 148 valence electrons. The summed E-state index contributed by atoms with van der Waals surface area (Å²) in [5.41, 5.74) is 3.12. The maximum Gasteiger partial charge on any atom is 0.266 e. The Hall–Kier alpha value is -1.96. The molecule has 2 aromatic carbocycles. The van der Waals surface area contributed by atoms with Crippen molar-refractivity contribution < 1.29 is 9.59 Å². The van der Waals surface area contributed by atoms with Crippen LogP contribution in [0.4, 0.5) is 5.69 Å². The molecule has 0 unspecified atom stereocenters. The molecule has 0 saturated carbocycles. The monoisotopic (exact) mass is 486 g/mol. The number of carbonyl (C=O) groups is 2. The molecule has 4 rings (SSSR count). The zero-order valence-electron chi connectivity index (χ0n) is 15.6. The summed E-state index contributed by atoms with van der Waals surface area (Å²) >= 11 is 10.1. The van der Waals surface area contributed by atoms with Crippen molar-refractivity contribution in [2.45, 2.75) is 19.3 Å². The molecule has 1 saturated heterocycles. The maximum absolute atomic E-state index is 12.9. The molecule has 2 aliphatic heterocycles. The lowest BCUT2D eigenvalue weighted by atomic mass is 10.0. The molecule has 0 spiro atoms. The number of aryl methyl sites for hydroxylation is 1. The second-order valence-electron chi connectivity index (χ2n) is 6.92. The van der Waals surface area contributed by atoms with E-state index in [1.807, 2.05) is 53.4 Å². The summed E-state index contributed by atoms with van der Waals surface area (Å²) in [7, 11) is 0. The second-order valence-corrected chi connectivity index (χ2v) is 9.51. The van der Waals surface area contributed by atoms with E-state index in [0.717, 1.165) is 35.1 Å². The predicted molar refractivity (Wildman–Crippen MR) is 126 cm³/mol. The largest absolute Gasteiger partial charge is 0.312 e. The molecular formula is C22H19BrN2O2S2. The zero-order valence-corrected chi connectivity index (χ0v) is 18.9. The number of anilines is 1. The number of fused-ring (bicyclic) bond motifs is 1. The van der Waals surface area contributed by atoms with Crippen molar-refractivity contribution in [3.8, 4) is 0 Å². The highest BCUT2D eigenvalue weighted by Crippen LogP contribution is 2.33. The molecule has 0 N–H and O–H groups in total. The Labute approximate surface area is 188 Å². The summed E-state index contributed by atoms with van der Waals surface area (Å²) < 4.78 is 1.46. The number of hydrogen-bond donors (Lipinski definition) is 0. The van der Waals surface area contributed by atoms with E-state index < -0.39 is 0 Å². The van der Waals surface area contributed by atoms with Crippen molar-refractivity contribution in [1.82, 2.24) is 4.90 Å². The number of halogens is 1. The Kier molecular flexibility index (Phi) is 6.18. The molecule has 2 aliphatic rings. The molecule has 0 radical (unpaired) electrons. The number of carbonyl (C=O) groups excluding carboxylic acids is 2. The van der Waals surface area contributed by atoms with E-state index >= 15 is 0 Å². The lowest BCUT2D eigenvalue weighted by Crippen LogP contribution is -2.38. The first-order valence-corrected chi connectivity index (χ1v) is 11.4. The fourth-order valence-electron chi connectivity index (χ4n) is 3.58. The number of thiocarbonyl (C=S) groups is 1. The number of nitrogens with zero attached hydrogens (tertiary/aromatic N) is 2. The number of hydrogen-bond acceptors (Lipinski definition) is 4. The Morgan fingerprint density at radius 3 is 2.86 bits per heavy atom. The summed E-state index contributed by atoms with van der Waals surface area (Å²) in [6.07, 6.45) is 4.05. The highest BCUT2D eigenvalue weighted by atomic mass is 79.9. The summed E-state index contributed by atoms with van der Waals surface area (Å²) in [4.78, 5) is 29.6. The molecule has 2 aromatic rings. The minimum Gasteiger partial charge on any atom is -0.312 e. The van der Waals surface area contributed by atoms with Gasteiger partial charge in [-0.2, -0.15) is 0 Å². The van der Waals surface area contributed by atoms with Crippen LogP contribution in [-0.4, -0.2) is 34.1 Å². The minimum atomic E-state index is -0.133. The first-order chi connectivity index (χ1) is 14.0. The second kappa shape index (κ2) is 8.81. The van der Waals surface area contributed by atoms with Crippen LogP contribution in [0.5, 0.6) is 0 Å². The molecule has 0 atom stereocenters. The van der Waals surface area contributed by atoms with Crippen molar-refractivity contribution in [1.29, 1.82) is 0 Å². The Morgan fingerprint density at radius 2 is 2.03 bits per heavy atom. The van der Waals surface area contributed by atoms with E-state index in [2.05, 4.69) is 22.0 Å². The van der Waals surface area contributed by atoms with E-state index in [-0.39, 0.29) is 18.2 Å². The van der Waals surface area contributed by atoms with Gasteiger partial charge in [0.15, 0.2) is 0 Å². The van der Waals surface area contributed by atoms with Gasteiger partial charge in [-0.3, -0.25) is 14.5 Å². The molecule has 7 heteroatoms. The van der Waals surface area contributed by atoms with Crippen LogP contribution in [0.1, 0.15) is 24.0 Å².